The molecule has 1 aromatic carbocycles. The predicted octanol–water partition coefficient (Wildman–Crippen LogP) is 2.63. The van der Waals surface area contributed by atoms with Crippen LogP contribution in [0, 0.1) is 18.3 Å². The van der Waals surface area contributed by atoms with Gasteiger partial charge in [-0.1, -0.05) is 24.6 Å². The molecule has 2 atom stereocenters. The summed E-state index contributed by atoms with van der Waals surface area (Å²) in [5.41, 5.74) is 0.575. The molecule has 1 saturated carbocycles. The van der Waals surface area contributed by atoms with Crippen LogP contribution in [0.5, 0.6) is 0 Å². The first kappa shape index (κ1) is 18.4. The van der Waals surface area contributed by atoms with Crippen molar-refractivity contribution >= 4 is 21.7 Å². The molecule has 0 aliphatic heterocycles. The van der Waals surface area contributed by atoms with Gasteiger partial charge < -0.3 is 4.74 Å². The van der Waals surface area contributed by atoms with Crippen molar-refractivity contribution in [2.45, 2.75) is 44.9 Å². The molecule has 1 aliphatic carbocycles. The number of hydrazone groups is 1. The number of methoxy groups -OCH3 is 1. The number of sulfonamides is 1. The molecule has 1 aromatic rings. The summed E-state index contributed by atoms with van der Waals surface area (Å²) < 4.78 is 29.7. The van der Waals surface area contributed by atoms with Gasteiger partial charge in [-0.2, -0.15) is 13.5 Å². The molecule has 0 heterocycles. The summed E-state index contributed by atoms with van der Waals surface area (Å²) in [4.78, 5) is 14.7. The molecule has 2 unspecified atom stereocenters. The average Bonchev–Trinajstić information content (AvgIpc) is 2.55. The van der Waals surface area contributed by atoms with Gasteiger partial charge in [0, 0.05) is 0 Å². The summed E-state index contributed by atoms with van der Waals surface area (Å²) in [6, 6.07) is 6.51. The molecule has 2 rings (SSSR count). The molecule has 0 amide bonds. The first-order chi connectivity index (χ1) is 11.2. The van der Waals surface area contributed by atoms with Crippen LogP contribution >= 0.6 is 0 Å². The lowest BCUT2D eigenvalue weighted by atomic mass is 9.67. The number of aryl methyl sites for hydroxylation is 1. The first-order valence-corrected chi connectivity index (χ1v) is 9.44. The lowest BCUT2D eigenvalue weighted by Crippen LogP contribution is -2.46. The van der Waals surface area contributed by atoms with Crippen LogP contribution in [-0.4, -0.2) is 27.2 Å². The summed E-state index contributed by atoms with van der Waals surface area (Å²) in [5.74, 6) is -0.357. The number of hydrogen-bond donors (Lipinski definition) is 1. The molecule has 7 heteroatoms. The van der Waals surface area contributed by atoms with Gasteiger partial charge in [-0.15, -0.1) is 0 Å². The van der Waals surface area contributed by atoms with E-state index in [0.717, 1.165) is 18.4 Å². The fraction of sp³-hybridized carbons (Fsp3) is 0.529. The van der Waals surface area contributed by atoms with Crippen molar-refractivity contribution in [2.24, 2.45) is 16.4 Å². The molecular formula is C17H24N2O4S. The van der Waals surface area contributed by atoms with Crippen LogP contribution in [0.4, 0.5) is 0 Å². The minimum Gasteiger partial charge on any atom is -0.468 e. The average molecular weight is 352 g/mol. The molecule has 1 N–H and O–H groups in total. The second kappa shape index (κ2) is 6.93. The molecule has 1 fully saturated rings. The van der Waals surface area contributed by atoms with Crippen molar-refractivity contribution < 1.29 is 17.9 Å². The molecule has 0 bridgehead atoms. The zero-order valence-corrected chi connectivity index (χ0v) is 15.3. The zero-order valence-electron chi connectivity index (χ0n) is 14.5. The van der Waals surface area contributed by atoms with Gasteiger partial charge in [0.05, 0.1) is 17.7 Å². The second-order valence-corrected chi connectivity index (χ2v) is 8.11. The van der Waals surface area contributed by atoms with Gasteiger partial charge >= 0.3 is 5.97 Å². The predicted molar refractivity (Wildman–Crippen MR) is 92.1 cm³/mol. The van der Waals surface area contributed by atoms with Gasteiger partial charge in [-0.05, 0) is 51.2 Å². The number of nitrogens with zero attached hydrogens (tertiary/aromatic N) is 1. The number of carbonyl (C=O) groups is 1. The minimum atomic E-state index is -3.77. The van der Waals surface area contributed by atoms with E-state index in [1.165, 1.54) is 19.2 Å². The van der Waals surface area contributed by atoms with Crippen molar-refractivity contribution in [3.05, 3.63) is 29.8 Å². The summed E-state index contributed by atoms with van der Waals surface area (Å²) in [7, 11) is -2.43. The number of nitrogens with one attached hydrogen (secondary N) is 1. The molecule has 0 saturated heterocycles. The van der Waals surface area contributed by atoms with E-state index in [0.29, 0.717) is 12.1 Å². The topological polar surface area (TPSA) is 84.8 Å². The molecular weight excluding hydrogens is 328 g/mol. The summed E-state index contributed by atoms with van der Waals surface area (Å²) in [5, 5.41) is 4.10. The van der Waals surface area contributed by atoms with Crippen molar-refractivity contribution in [1.82, 2.24) is 4.83 Å². The Kier molecular flexibility index (Phi) is 5.32. The molecule has 6 nitrogen and oxygen atoms in total. The van der Waals surface area contributed by atoms with Gasteiger partial charge in [-0.3, -0.25) is 4.79 Å². The third kappa shape index (κ3) is 3.45. The normalized spacial score (nSPS) is 26.2. The van der Waals surface area contributed by atoms with Crippen LogP contribution in [0.25, 0.3) is 0 Å². The fourth-order valence-corrected chi connectivity index (χ4v) is 3.83. The van der Waals surface area contributed by atoms with Gasteiger partial charge in [0.2, 0.25) is 0 Å². The highest BCUT2D eigenvalue weighted by atomic mass is 32.2. The standard InChI is InChI=1S/C17H24N2O4S/c1-12-8-10-14(11-9-12)24(21,22)19-18-15-7-5-6-13(2)17(15,3)16(20)23-4/h8-11,13,19H,5-7H2,1-4H3/b18-15+. The number of rotatable bonds is 4. The van der Waals surface area contributed by atoms with E-state index in [2.05, 4.69) is 9.93 Å². The van der Waals surface area contributed by atoms with Crippen molar-refractivity contribution in [3.8, 4) is 0 Å². The highest BCUT2D eigenvalue weighted by Gasteiger charge is 2.47. The minimum absolute atomic E-state index is 0.0290. The van der Waals surface area contributed by atoms with E-state index in [1.807, 2.05) is 13.8 Å². The summed E-state index contributed by atoms with van der Waals surface area (Å²) >= 11 is 0. The lowest BCUT2D eigenvalue weighted by Gasteiger charge is -2.37. The van der Waals surface area contributed by atoms with Gasteiger partial charge in [0.15, 0.2) is 0 Å². The van der Waals surface area contributed by atoms with Crippen molar-refractivity contribution in [3.63, 3.8) is 0 Å². The Bertz CT molecular complexity index is 740. The lowest BCUT2D eigenvalue weighted by molar-refractivity contribution is -0.150. The van der Waals surface area contributed by atoms with Gasteiger partial charge in [-0.25, -0.2) is 4.83 Å². The number of carbonyl (C=O) groups excluding carboxylic acids is 1. The monoisotopic (exact) mass is 352 g/mol. The Morgan fingerprint density at radius 1 is 1.33 bits per heavy atom. The van der Waals surface area contributed by atoms with E-state index in [4.69, 9.17) is 4.74 Å². The smallest absolute Gasteiger partial charge is 0.317 e. The third-order valence-electron chi connectivity index (χ3n) is 4.88. The van der Waals surface area contributed by atoms with E-state index in [9.17, 15) is 13.2 Å². The number of ether oxygens (including phenoxy) is 1. The maximum Gasteiger partial charge on any atom is 0.317 e. The first-order valence-electron chi connectivity index (χ1n) is 7.95. The maximum atomic E-state index is 12.4. The van der Waals surface area contributed by atoms with Gasteiger partial charge in [0.1, 0.15) is 5.41 Å². The Morgan fingerprint density at radius 3 is 2.54 bits per heavy atom. The van der Waals surface area contributed by atoms with Crippen molar-refractivity contribution in [2.75, 3.05) is 7.11 Å². The van der Waals surface area contributed by atoms with E-state index < -0.39 is 15.4 Å². The largest absolute Gasteiger partial charge is 0.468 e. The Balaban J connectivity index is 2.31. The summed E-state index contributed by atoms with van der Waals surface area (Å²) in [6.45, 7) is 5.61. The second-order valence-electron chi connectivity index (χ2n) is 6.45. The number of benzene rings is 1. The van der Waals surface area contributed by atoms with Crippen LogP contribution in [0.15, 0.2) is 34.3 Å². The summed E-state index contributed by atoms with van der Waals surface area (Å²) in [6.07, 6.45) is 2.29. The maximum absolute atomic E-state index is 12.4. The Labute approximate surface area is 143 Å². The third-order valence-corrected chi connectivity index (χ3v) is 6.10. The Hall–Kier alpha value is -1.89. The fourth-order valence-electron chi connectivity index (χ4n) is 3.00. The number of esters is 1. The molecule has 0 radical (unpaired) electrons. The quantitative estimate of drug-likeness (QED) is 0.667. The molecule has 1 aliphatic rings. The Morgan fingerprint density at radius 2 is 1.96 bits per heavy atom. The highest BCUT2D eigenvalue weighted by molar-refractivity contribution is 7.89. The highest BCUT2D eigenvalue weighted by Crippen LogP contribution is 2.39. The van der Waals surface area contributed by atoms with E-state index >= 15 is 0 Å². The van der Waals surface area contributed by atoms with Crippen molar-refractivity contribution in [1.29, 1.82) is 0 Å². The molecule has 132 valence electrons. The zero-order chi connectivity index (χ0) is 18.0. The van der Waals surface area contributed by atoms with E-state index in [1.54, 1.807) is 19.1 Å². The molecule has 0 spiro atoms. The van der Waals surface area contributed by atoms with Gasteiger partial charge in [0.25, 0.3) is 10.0 Å². The van der Waals surface area contributed by atoms with Crippen LogP contribution in [0.1, 0.15) is 38.7 Å². The van der Waals surface area contributed by atoms with Crippen LogP contribution < -0.4 is 4.83 Å². The van der Waals surface area contributed by atoms with Crippen LogP contribution in [0.3, 0.4) is 0 Å². The van der Waals surface area contributed by atoms with Crippen LogP contribution in [-0.2, 0) is 19.6 Å². The molecule has 0 aromatic heterocycles. The van der Waals surface area contributed by atoms with E-state index in [-0.39, 0.29) is 16.8 Å². The van der Waals surface area contributed by atoms with Crippen LogP contribution in [0.2, 0.25) is 0 Å². The SMILES string of the molecule is COC(=O)C1(C)/C(=N/NS(=O)(=O)c2ccc(C)cc2)CCCC1C. The number of hydrogen-bond acceptors (Lipinski definition) is 5. The molecule has 24 heavy (non-hydrogen) atoms.